The molecule has 12 heteroatoms. The molecule has 206 valence electrons. The molecule has 0 spiro atoms. The van der Waals surface area contributed by atoms with Gasteiger partial charge in [-0.2, -0.15) is 0 Å². The number of nitrogens with zero attached hydrogens (tertiary/aromatic N) is 4. The molecule has 3 heterocycles. The van der Waals surface area contributed by atoms with Crippen LogP contribution in [0.5, 0.6) is 0 Å². The van der Waals surface area contributed by atoms with Gasteiger partial charge in [0.1, 0.15) is 5.60 Å². The molecule has 0 amide bonds. The summed E-state index contributed by atoms with van der Waals surface area (Å²) in [5.41, 5.74) is 0.998. The summed E-state index contributed by atoms with van der Waals surface area (Å²) in [5.74, 6) is 1.19. The Hall–Kier alpha value is -3.22. The van der Waals surface area contributed by atoms with Gasteiger partial charge in [0.05, 0.1) is 21.9 Å². The summed E-state index contributed by atoms with van der Waals surface area (Å²) in [6.45, 7) is 7.53. The Labute approximate surface area is 231 Å². The van der Waals surface area contributed by atoms with E-state index in [0.29, 0.717) is 34.6 Å². The van der Waals surface area contributed by atoms with Crippen molar-refractivity contribution in [3.8, 4) is 21.3 Å². The number of nitrogens with one attached hydrogen (secondary N) is 1. The predicted molar refractivity (Wildman–Crippen MR) is 148 cm³/mol. The lowest BCUT2D eigenvalue weighted by Crippen LogP contribution is -2.30. The molecule has 1 fully saturated rings. The van der Waals surface area contributed by atoms with Gasteiger partial charge in [-0.3, -0.25) is 9.78 Å². The van der Waals surface area contributed by atoms with E-state index in [9.17, 15) is 13.2 Å². The van der Waals surface area contributed by atoms with Crippen molar-refractivity contribution in [1.29, 1.82) is 0 Å². The second kappa shape index (κ2) is 10.7. The molecule has 1 saturated carbocycles. The topological polar surface area (TPSA) is 137 Å². The second-order valence-electron chi connectivity index (χ2n) is 10.8. The van der Waals surface area contributed by atoms with E-state index in [-0.39, 0.29) is 17.4 Å². The molecule has 1 N–H and O–H groups in total. The number of pyridine rings is 1. The smallest absolute Gasteiger partial charge is 0.293 e. The number of sulfonamides is 1. The van der Waals surface area contributed by atoms with Gasteiger partial charge in [0.2, 0.25) is 15.9 Å². The van der Waals surface area contributed by atoms with Crippen molar-refractivity contribution in [2.45, 2.75) is 76.3 Å². The third-order valence-corrected chi connectivity index (χ3v) is 9.54. The Morgan fingerprint density at radius 3 is 2.69 bits per heavy atom. The highest BCUT2D eigenvalue weighted by Gasteiger charge is 2.28. The molecular weight excluding hydrogens is 538 g/mol. The number of ether oxygens (including phenoxy) is 1. The average molecular weight is 570 g/mol. The van der Waals surface area contributed by atoms with Crippen molar-refractivity contribution in [2.24, 2.45) is 5.92 Å². The number of thiazole rings is 1. The van der Waals surface area contributed by atoms with Gasteiger partial charge in [-0.1, -0.05) is 25.3 Å². The number of aromatic nitrogens is 4. The summed E-state index contributed by atoms with van der Waals surface area (Å²) in [4.78, 5) is 21.2. The lowest BCUT2D eigenvalue weighted by molar-refractivity contribution is -0.140. The van der Waals surface area contributed by atoms with E-state index in [4.69, 9.17) is 14.1 Å². The van der Waals surface area contributed by atoms with Crippen molar-refractivity contribution in [3.05, 3.63) is 42.2 Å². The zero-order chi connectivity index (χ0) is 27.8. The summed E-state index contributed by atoms with van der Waals surface area (Å²) in [5, 5.41) is 10.3. The number of hydrogen-bond donors (Lipinski definition) is 1. The molecule has 0 radical (unpaired) electrons. The SMILES string of the molecule is CC(C)NS(=O)(=O)c1ccc(-c2sc(-c3nnc(CC(C)(C)OC=O)o3)nc2CC2CCC2)c2cnccc12. The van der Waals surface area contributed by atoms with E-state index in [2.05, 4.69) is 19.9 Å². The molecule has 10 nitrogen and oxygen atoms in total. The van der Waals surface area contributed by atoms with Crippen molar-refractivity contribution >= 4 is 38.6 Å². The molecule has 0 bridgehead atoms. The standard InChI is InChI=1S/C27H31N5O5S2/c1-16(2)32-39(34,35)22-9-8-19(20-14-28-11-10-18(20)22)24-21(12-17-6-5-7-17)29-26(38-24)25-31-30-23(37-25)13-27(3,4)36-15-33/h8-11,14-17,32H,5-7,12-13H2,1-4H3. The fraction of sp³-hybridized carbons (Fsp3) is 0.444. The maximum Gasteiger partial charge on any atom is 0.293 e. The first kappa shape index (κ1) is 27.4. The molecule has 1 aliphatic carbocycles. The Morgan fingerprint density at radius 1 is 1.21 bits per heavy atom. The number of fused-ring (bicyclic) bond motifs is 1. The molecule has 0 aliphatic heterocycles. The average Bonchev–Trinajstić information content (AvgIpc) is 3.46. The molecule has 0 unspecified atom stereocenters. The second-order valence-corrected chi connectivity index (χ2v) is 13.4. The lowest BCUT2D eigenvalue weighted by Gasteiger charge is -2.24. The number of hydrogen-bond acceptors (Lipinski definition) is 10. The number of rotatable bonds is 11. The van der Waals surface area contributed by atoms with E-state index in [1.165, 1.54) is 17.8 Å². The van der Waals surface area contributed by atoms with Gasteiger partial charge in [0, 0.05) is 34.8 Å². The summed E-state index contributed by atoms with van der Waals surface area (Å²) >= 11 is 1.44. The molecule has 3 aromatic heterocycles. The largest absolute Gasteiger partial charge is 0.461 e. The Balaban J connectivity index is 1.58. The molecular formula is C27H31N5O5S2. The Morgan fingerprint density at radius 2 is 2.00 bits per heavy atom. The zero-order valence-corrected chi connectivity index (χ0v) is 23.9. The quantitative estimate of drug-likeness (QED) is 0.249. The van der Waals surface area contributed by atoms with Crippen molar-refractivity contribution < 1.29 is 22.4 Å². The van der Waals surface area contributed by atoms with E-state index < -0.39 is 15.6 Å². The number of carbonyl (C=O) groups is 1. The van der Waals surface area contributed by atoms with Crippen LogP contribution in [0.1, 0.15) is 58.5 Å². The summed E-state index contributed by atoms with van der Waals surface area (Å²) in [6.07, 6.45) is 7.90. The van der Waals surface area contributed by atoms with Crippen LogP contribution in [-0.4, -0.2) is 46.7 Å². The Bertz CT molecular complexity index is 1610. The van der Waals surface area contributed by atoms with E-state index in [0.717, 1.165) is 40.8 Å². The highest BCUT2D eigenvalue weighted by Crippen LogP contribution is 2.42. The zero-order valence-electron chi connectivity index (χ0n) is 22.3. The van der Waals surface area contributed by atoms with Crippen LogP contribution in [0.3, 0.4) is 0 Å². The third kappa shape index (κ3) is 5.87. The predicted octanol–water partition coefficient (Wildman–Crippen LogP) is 4.93. The van der Waals surface area contributed by atoms with Crippen LogP contribution in [0.2, 0.25) is 0 Å². The normalized spacial score (nSPS) is 14.6. The van der Waals surface area contributed by atoms with Crippen LogP contribution in [-0.2, 0) is 32.4 Å². The fourth-order valence-electron chi connectivity index (χ4n) is 4.68. The van der Waals surface area contributed by atoms with Crippen LogP contribution < -0.4 is 4.72 Å². The monoisotopic (exact) mass is 569 g/mol. The first-order chi connectivity index (χ1) is 18.6. The molecule has 0 saturated heterocycles. The highest BCUT2D eigenvalue weighted by molar-refractivity contribution is 7.89. The summed E-state index contributed by atoms with van der Waals surface area (Å²) < 4.78 is 39.9. The molecule has 1 aliphatic rings. The minimum atomic E-state index is -3.72. The molecule has 39 heavy (non-hydrogen) atoms. The molecule has 5 rings (SSSR count). The van der Waals surface area contributed by atoms with Crippen LogP contribution >= 0.6 is 11.3 Å². The number of benzene rings is 1. The van der Waals surface area contributed by atoms with Crippen molar-refractivity contribution in [2.75, 3.05) is 0 Å². The van der Waals surface area contributed by atoms with Crippen LogP contribution in [0.25, 0.3) is 32.1 Å². The Kier molecular flexibility index (Phi) is 7.53. The van der Waals surface area contributed by atoms with Crippen LogP contribution in [0.15, 0.2) is 39.9 Å². The summed E-state index contributed by atoms with van der Waals surface area (Å²) in [7, 11) is -3.72. The van der Waals surface area contributed by atoms with Crippen molar-refractivity contribution in [1.82, 2.24) is 24.9 Å². The van der Waals surface area contributed by atoms with Crippen LogP contribution in [0, 0.1) is 5.92 Å². The molecule has 4 aromatic rings. The molecule has 1 aromatic carbocycles. The number of carbonyl (C=O) groups excluding carboxylic acids is 1. The van der Waals surface area contributed by atoms with Gasteiger partial charge < -0.3 is 9.15 Å². The van der Waals surface area contributed by atoms with Gasteiger partial charge in [-0.15, -0.1) is 21.5 Å². The lowest BCUT2D eigenvalue weighted by atomic mass is 9.81. The van der Waals surface area contributed by atoms with Gasteiger partial charge in [-0.05, 0) is 52.2 Å². The van der Waals surface area contributed by atoms with E-state index in [1.807, 2.05) is 6.07 Å². The molecule has 0 atom stereocenters. The first-order valence-corrected chi connectivity index (χ1v) is 15.2. The maximum atomic E-state index is 13.1. The van der Waals surface area contributed by atoms with Crippen molar-refractivity contribution in [3.63, 3.8) is 0 Å². The first-order valence-electron chi connectivity index (χ1n) is 12.9. The van der Waals surface area contributed by atoms with E-state index >= 15 is 0 Å². The highest BCUT2D eigenvalue weighted by atomic mass is 32.2. The third-order valence-electron chi connectivity index (χ3n) is 6.70. The van der Waals surface area contributed by atoms with Gasteiger partial charge in [0.15, 0.2) is 5.01 Å². The minimum absolute atomic E-state index is 0.212. The van der Waals surface area contributed by atoms with Gasteiger partial charge >= 0.3 is 0 Å². The van der Waals surface area contributed by atoms with Gasteiger partial charge in [0.25, 0.3) is 12.4 Å². The maximum absolute atomic E-state index is 13.1. The van der Waals surface area contributed by atoms with Crippen LogP contribution in [0.4, 0.5) is 0 Å². The van der Waals surface area contributed by atoms with E-state index in [1.54, 1.807) is 52.2 Å². The fourth-order valence-corrected chi connectivity index (χ4v) is 7.19. The van der Waals surface area contributed by atoms with Gasteiger partial charge in [-0.25, -0.2) is 18.1 Å². The summed E-state index contributed by atoms with van der Waals surface area (Å²) in [6, 6.07) is 4.97. The minimum Gasteiger partial charge on any atom is -0.461 e.